The number of hydrogen-bond donors (Lipinski definition) is 1. The van der Waals surface area contributed by atoms with Crippen molar-refractivity contribution in [3.63, 3.8) is 0 Å². The van der Waals surface area contributed by atoms with Gasteiger partial charge in [-0.05, 0) is 41.6 Å². The van der Waals surface area contributed by atoms with E-state index >= 15 is 0 Å². The number of aliphatic hydroxyl groups is 1. The predicted molar refractivity (Wildman–Crippen MR) is 74.1 cm³/mol. The van der Waals surface area contributed by atoms with Gasteiger partial charge < -0.3 is 5.11 Å². The lowest BCUT2D eigenvalue weighted by molar-refractivity contribution is 0.0900. The van der Waals surface area contributed by atoms with Gasteiger partial charge in [0.05, 0.1) is 22.0 Å². The van der Waals surface area contributed by atoms with Crippen LogP contribution in [-0.4, -0.2) is 21.0 Å². The predicted octanol–water partition coefficient (Wildman–Crippen LogP) is 3.17. The second kappa shape index (κ2) is 6.01. The van der Waals surface area contributed by atoms with Crippen molar-refractivity contribution in [3.05, 3.63) is 15.9 Å². The van der Waals surface area contributed by atoms with E-state index in [0.717, 1.165) is 22.4 Å². The van der Waals surface area contributed by atoms with Crippen LogP contribution in [0.2, 0.25) is 0 Å². The maximum Gasteiger partial charge on any atom is 0.0738 e. The molecular weight excluding hydrogens is 280 g/mol. The molecular formula is C13H23BrN2O. The van der Waals surface area contributed by atoms with Crippen LogP contribution in [0.4, 0.5) is 0 Å². The summed E-state index contributed by atoms with van der Waals surface area (Å²) in [4.78, 5) is 0. The minimum absolute atomic E-state index is 0.294. The fourth-order valence-corrected chi connectivity index (χ4v) is 2.34. The topological polar surface area (TPSA) is 38.0 Å². The van der Waals surface area contributed by atoms with E-state index in [1.165, 1.54) is 0 Å². The van der Waals surface area contributed by atoms with E-state index in [4.69, 9.17) is 0 Å². The molecule has 0 saturated carbocycles. The molecule has 0 aromatic carbocycles. The number of halogens is 1. The van der Waals surface area contributed by atoms with Crippen LogP contribution in [0.15, 0.2) is 4.47 Å². The normalized spacial score (nSPS) is 15.3. The second-order valence-electron chi connectivity index (χ2n) is 5.04. The Kier molecular flexibility index (Phi) is 5.20. The first-order valence-corrected chi connectivity index (χ1v) is 7.07. The van der Waals surface area contributed by atoms with E-state index in [2.05, 4.69) is 48.7 Å². The molecule has 2 atom stereocenters. The molecule has 1 aromatic heterocycles. The van der Waals surface area contributed by atoms with Gasteiger partial charge in [0.15, 0.2) is 0 Å². The number of aromatic nitrogens is 2. The molecule has 0 radical (unpaired) electrons. The number of aliphatic hydroxyl groups excluding tert-OH is 1. The molecule has 0 aliphatic carbocycles. The molecule has 3 nitrogen and oxygen atoms in total. The molecule has 2 unspecified atom stereocenters. The molecule has 1 heterocycles. The van der Waals surface area contributed by atoms with Crippen LogP contribution in [0.1, 0.15) is 39.1 Å². The number of hydrogen-bond acceptors (Lipinski definition) is 2. The van der Waals surface area contributed by atoms with Gasteiger partial charge in [0, 0.05) is 13.0 Å². The first kappa shape index (κ1) is 14.7. The highest BCUT2D eigenvalue weighted by atomic mass is 79.9. The van der Waals surface area contributed by atoms with Gasteiger partial charge in [-0.3, -0.25) is 4.68 Å². The monoisotopic (exact) mass is 302 g/mol. The van der Waals surface area contributed by atoms with Crippen molar-refractivity contribution in [1.82, 2.24) is 9.78 Å². The smallest absolute Gasteiger partial charge is 0.0738 e. The lowest BCUT2D eigenvalue weighted by atomic mass is 9.90. The molecule has 1 N–H and O–H groups in total. The van der Waals surface area contributed by atoms with Crippen molar-refractivity contribution in [3.8, 4) is 0 Å². The van der Waals surface area contributed by atoms with Gasteiger partial charge in [-0.2, -0.15) is 5.10 Å². The Morgan fingerprint density at radius 1 is 1.35 bits per heavy atom. The summed E-state index contributed by atoms with van der Waals surface area (Å²) in [5, 5.41) is 14.7. The zero-order valence-corrected chi connectivity index (χ0v) is 13.0. The van der Waals surface area contributed by atoms with Gasteiger partial charge in [0.1, 0.15) is 0 Å². The summed E-state index contributed by atoms with van der Waals surface area (Å²) >= 11 is 3.56. The standard InChI is InChI=1S/C13H23BrN2O/c1-6-16-11(13(14)10(5)15-16)7-12(17)9(4)8(2)3/h8-9,12,17H,6-7H2,1-5H3. The lowest BCUT2D eigenvalue weighted by Gasteiger charge is -2.22. The average Bonchev–Trinajstić information content (AvgIpc) is 2.55. The summed E-state index contributed by atoms with van der Waals surface area (Å²) in [6.07, 6.45) is 0.349. The van der Waals surface area contributed by atoms with Gasteiger partial charge in [-0.25, -0.2) is 0 Å². The highest BCUT2D eigenvalue weighted by Crippen LogP contribution is 2.25. The van der Waals surface area contributed by atoms with Crippen molar-refractivity contribution in [2.24, 2.45) is 11.8 Å². The van der Waals surface area contributed by atoms with E-state index in [9.17, 15) is 5.11 Å². The van der Waals surface area contributed by atoms with Crippen LogP contribution in [0.5, 0.6) is 0 Å². The van der Waals surface area contributed by atoms with Crippen molar-refractivity contribution < 1.29 is 5.11 Å². The van der Waals surface area contributed by atoms with Crippen LogP contribution < -0.4 is 0 Å². The molecule has 98 valence electrons. The lowest BCUT2D eigenvalue weighted by Crippen LogP contribution is -2.26. The summed E-state index contributed by atoms with van der Waals surface area (Å²) in [6, 6.07) is 0. The highest BCUT2D eigenvalue weighted by molar-refractivity contribution is 9.10. The molecule has 0 fully saturated rings. The Balaban J connectivity index is 2.87. The Hall–Kier alpha value is -0.350. The van der Waals surface area contributed by atoms with Crippen molar-refractivity contribution in [2.75, 3.05) is 0 Å². The highest BCUT2D eigenvalue weighted by Gasteiger charge is 2.22. The quantitative estimate of drug-likeness (QED) is 0.907. The maximum atomic E-state index is 10.2. The minimum Gasteiger partial charge on any atom is -0.392 e. The summed E-state index contributed by atoms with van der Waals surface area (Å²) in [7, 11) is 0. The molecule has 4 heteroatoms. The molecule has 1 aromatic rings. The van der Waals surface area contributed by atoms with Gasteiger partial charge in [-0.15, -0.1) is 0 Å². The van der Waals surface area contributed by atoms with E-state index < -0.39 is 0 Å². The molecule has 0 saturated heterocycles. The van der Waals surface area contributed by atoms with Crippen LogP contribution in [0.3, 0.4) is 0 Å². The molecule has 0 aliphatic heterocycles. The van der Waals surface area contributed by atoms with Crippen LogP contribution in [0.25, 0.3) is 0 Å². The second-order valence-corrected chi connectivity index (χ2v) is 5.83. The third-order valence-corrected chi connectivity index (χ3v) is 4.55. The number of aryl methyl sites for hydroxylation is 2. The van der Waals surface area contributed by atoms with E-state index in [1.807, 2.05) is 11.6 Å². The zero-order valence-electron chi connectivity index (χ0n) is 11.4. The maximum absolute atomic E-state index is 10.2. The first-order chi connectivity index (χ1) is 7.88. The summed E-state index contributed by atoms with van der Waals surface area (Å²) < 4.78 is 3.00. The van der Waals surface area contributed by atoms with Gasteiger partial charge >= 0.3 is 0 Å². The van der Waals surface area contributed by atoms with Gasteiger partial charge in [0.25, 0.3) is 0 Å². The number of rotatable bonds is 5. The average molecular weight is 303 g/mol. The van der Waals surface area contributed by atoms with E-state index in [0.29, 0.717) is 18.3 Å². The van der Waals surface area contributed by atoms with Gasteiger partial charge in [-0.1, -0.05) is 20.8 Å². The summed E-state index contributed by atoms with van der Waals surface area (Å²) in [5.41, 5.74) is 2.09. The van der Waals surface area contributed by atoms with Crippen LogP contribution >= 0.6 is 15.9 Å². The molecule has 1 rings (SSSR count). The summed E-state index contributed by atoms with van der Waals surface area (Å²) in [5.74, 6) is 0.783. The third kappa shape index (κ3) is 3.32. The van der Waals surface area contributed by atoms with Gasteiger partial charge in [0.2, 0.25) is 0 Å². The molecule has 0 spiro atoms. The minimum atomic E-state index is -0.312. The molecule has 0 amide bonds. The molecule has 17 heavy (non-hydrogen) atoms. The largest absolute Gasteiger partial charge is 0.392 e. The van der Waals surface area contributed by atoms with Crippen molar-refractivity contribution in [1.29, 1.82) is 0 Å². The fourth-order valence-electron chi connectivity index (χ4n) is 1.89. The molecule has 0 aliphatic rings. The van der Waals surface area contributed by atoms with E-state index in [1.54, 1.807) is 0 Å². The zero-order chi connectivity index (χ0) is 13.2. The van der Waals surface area contributed by atoms with Crippen LogP contribution in [0, 0.1) is 18.8 Å². The third-order valence-electron chi connectivity index (χ3n) is 3.51. The van der Waals surface area contributed by atoms with E-state index in [-0.39, 0.29) is 6.10 Å². The Bertz CT molecular complexity index is 374. The first-order valence-electron chi connectivity index (χ1n) is 6.28. The number of nitrogens with zero attached hydrogens (tertiary/aromatic N) is 2. The van der Waals surface area contributed by atoms with Crippen LogP contribution in [-0.2, 0) is 13.0 Å². The Morgan fingerprint density at radius 3 is 2.41 bits per heavy atom. The Labute approximate surface area is 112 Å². The fraction of sp³-hybridized carbons (Fsp3) is 0.769. The molecule has 0 bridgehead atoms. The van der Waals surface area contributed by atoms with Crippen molar-refractivity contribution >= 4 is 15.9 Å². The summed E-state index contributed by atoms with van der Waals surface area (Å²) in [6.45, 7) is 11.3. The van der Waals surface area contributed by atoms with Crippen molar-refractivity contribution in [2.45, 2.75) is 53.7 Å². The Morgan fingerprint density at radius 2 is 1.94 bits per heavy atom. The SMILES string of the molecule is CCn1nc(C)c(Br)c1CC(O)C(C)C(C)C.